The molecule has 0 bridgehead atoms. The predicted molar refractivity (Wildman–Crippen MR) is 131 cm³/mol. The Morgan fingerprint density at radius 3 is 2.53 bits per heavy atom. The average molecular weight is 506 g/mol. The molecular weight excluding hydrogens is 477 g/mol. The van der Waals surface area contributed by atoms with Crippen LogP contribution in [-0.2, 0) is 25.5 Å². The molecule has 1 aliphatic rings. The van der Waals surface area contributed by atoms with Crippen LogP contribution in [0.5, 0.6) is 0 Å². The van der Waals surface area contributed by atoms with Gasteiger partial charge in [-0.15, -0.1) is 0 Å². The molecule has 1 heterocycles. The molecular formula is C26H29Cl2NO5. The Bertz CT molecular complexity index is 1010. The number of carboxylic acid groups (broad SMARTS) is 1. The Morgan fingerprint density at radius 1 is 1.15 bits per heavy atom. The van der Waals surface area contributed by atoms with Gasteiger partial charge in [-0.25, -0.2) is 0 Å². The molecule has 1 fully saturated rings. The lowest BCUT2D eigenvalue weighted by atomic mass is 9.73. The van der Waals surface area contributed by atoms with Crippen LogP contribution in [0.3, 0.4) is 0 Å². The van der Waals surface area contributed by atoms with Crippen molar-refractivity contribution in [2.45, 2.75) is 51.0 Å². The summed E-state index contributed by atoms with van der Waals surface area (Å²) in [6.07, 6.45) is 2.01. The van der Waals surface area contributed by atoms with Crippen LogP contribution in [0.15, 0.2) is 48.5 Å². The Labute approximate surface area is 209 Å². The van der Waals surface area contributed by atoms with Crippen LogP contribution in [0.25, 0.3) is 0 Å². The number of ether oxygens (including phenoxy) is 1. The summed E-state index contributed by atoms with van der Waals surface area (Å²) in [6.45, 7) is 1.98. The van der Waals surface area contributed by atoms with E-state index in [0.717, 1.165) is 17.5 Å². The first-order valence-corrected chi connectivity index (χ1v) is 12.2. The van der Waals surface area contributed by atoms with Crippen LogP contribution in [0.4, 0.5) is 0 Å². The van der Waals surface area contributed by atoms with E-state index in [4.69, 9.17) is 27.9 Å². The summed E-state index contributed by atoms with van der Waals surface area (Å²) in [5.74, 6) is -3.29. The number of carboxylic acids is 1. The van der Waals surface area contributed by atoms with Gasteiger partial charge in [0, 0.05) is 27.9 Å². The number of benzene rings is 2. The molecule has 8 heteroatoms. The van der Waals surface area contributed by atoms with Crippen molar-refractivity contribution in [3.05, 3.63) is 69.7 Å². The fraction of sp³-hybridized carbons (Fsp3) is 0.423. The van der Waals surface area contributed by atoms with E-state index in [2.05, 4.69) is 5.32 Å². The lowest BCUT2D eigenvalue weighted by Gasteiger charge is -2.40. The Kier molecular flexibility index (Phi) is 9.36. The number of aryl methyl sites for hydroxylation is 1. The van der Waals surface area contributed by atoms with Crippen LogP contribution >= 0.6 is 23.2 Å². The zero-order chi connectivity index (χ0) is 24.7. The number of carbonyl (C=O) groups is 3. The van der Waals surface area contributed by atoms with Crippen molar-refractivity contribution < 1.29 is 24.2 Å². The van der Waals surface area contributed by atoms with Crippen LogP contribution in [0, 0.1) is 11.8 Å². The summed E-state index contributed by atoms with van der Waals surface area (Å²) in [7, 11) is 0. The van der Waals surface area contributed by atoms with E-state index in [0.29, 0.717) is 29.3 Å². The third-order valence-corrected chi connectivity index (χ3v) is 6.75. The lowest BCUT2D eigenvalue weighted by molar-refractivity contribution is -0.151. The van der Waals surface area contributed by atoms with Gasteiger partial charge < -0.3 is 15.2 Å². The maximum absolute atomic E-state index is 13.0. The molecule has 0 aromatic heterocycles. The summed E-state index contributed by atoms with van der Waals surface area (Å²) >= 11 is 12.2. The molecule has 4 atom stereocenters. The fourth-order valence-electron chi connectivity index (χ4n) is 4.66. The molecule has 0 unspecified atom stereocenters. The van der Waals surface area contributed by atoms with Gasteiger partial charge >= 0.3 is 11.9 Å². The highest BCUT2D eigenvalue weighted by molar-refractivity contribution is 6.30. The molecule has 3 rings (SSSR count). The molecule has 0 saturated carbocycles. The van der Waals surface area contributed by atoms with E-state index in [1.165, 1.54) is 0 Å². The second-order valence-electron chi connectivity index (χ2n) is 8.60. The van der Waals surface area contributed by atoms with Gasteiger partial charge in [0.1, 0.15) is 0 Å². The molecule has 34 heavy (non-hydrogen) atoms. The highest BCUT2D eigenvalue weighted by Crippen LogP contribution is 2.38. The number of hydrogen-bond acceptors (Lipinski definition) is 4. The normalized spacial score (nSPS) is 20.9. The number of hydrogen-bond donors (Lipinski definition) is 2. The van der Waals surface area contributed by atoms with E-state index < -0.39 is 23.8 Å². The zero-order valence-electron chi connectivity index (χ0n) is 19.0. The molecule has 2 N–H and O–H groups in total. The zero-order valence-corrected chi connectivity index (χ0v) is 20.5. The van der Waals surface area contributed by atoms with E-state index >= 15 is 0 Å². The largest absolute Gasteiger partial charge is 0.481 e. The Balaban J connectivity index is 1.86. The van der Waals surface area contributed by atoms with Crippen LogP contribution in [0.1, 0.15) is 49.7 Å². The quantitative estimate of drug-likeness (QED) is 0.429. The molecule has 0 spiro atoms. The second-order valence-corrected chi connectivity index (χ2v) is 9.48. The minimum Gasteiger partial charge on any atom is -0.481 e. The maximum atomic E-state index is 13.0. The number of aliphatic carboxylic acids is 1. The van der Waals surface area contributed by atoms with Gasteiger partial charge in [0.05, 0.1) is 18.9 Å². The number of halogens is 2. The van der Waals surface area contributed by atoms with Crippen molar-refractivity contribution in [3.63, 3.8) is 0 Å². The van der Waals surface area contributed by atoms with E-state index in [-0.39, 0.29) is 30.8 Å². The monoisotopic (exact) mass is 505 g/mol. The molecule has 1 amide bonds. The molecule has 0 aliphatic carbocycles. The van der Waals surface area contributed by atoms with E-state index in [1.807, 2.05) is 42.5 Å². The molecule has 6 nitrogen and oxygen atoms in total. The minimum atomic E-state index is -1.03. The molecule has 0 radical (unpaired) electrons. The summed E-state index contributed by atoms with van der Waals surface area (Å²) in [5.41, 5.74) is 1.97. The average Bonchev–Trinajstić information content (AvgIpc) is 2.79. The van der Waals surface area contributed by atoms with Gasteiger partial charge in [-0.2, -0.15) is 0 Å². The van der Waals surface area contributed by atoms with E-state index in [1.54, 1.807) is 13.0 Å². The first kappa shape index (κ1) is 26.0. The van der Waals surface area contributed by atoms with Crippen molar-refractivity contribution in [2.24, 2.45) is 11.8 Å². The summed E-state index contributed by atoms with van der Waals surface area (Å²) in [4.78, 5) is 37.2. The SMILES string of the molecule is CCOC(=O)[C@H](CCCc1ccc(Cl)cc1)[C@@H]1NC(=O)[C@H](CC(=O)O)C[C@H]1c1cccc(Cl)c1. The number of carbonyl (C=O) groups excluding carboxylic acids is 2. The molecule has 2 aromatic rings. The number of rotatable bonds is 10. The summed E-state index contributed by atoms with van der Waals surface area (Å²) in [5, 5.41) is 13.5. The number of nitrogens with one attached hydrogen (secondary N) is 1. The van der Waals surface area contributed by atoms with Crippen molar-refractivity contribution in [3.8, 4) is 0 Å². The maximum Gasteiger partial charge on any atom is 0.311 e. The van der Waals surface area contributed by atoms with Gasteiger partial charge in [-0.1, -0.05) is 47.5 Å². The Hall–Kier alpha value is -2.57. The molecule has 2 aromatic carbocycles. The highest BCUT2D eigenvalue weighted by atomic mass is 35.5. The fourth-order valence-corrected chi connectivity index (χ4v) is 4.99. The predicted octanol–water partition coefficient (Wildman–Crippen LogP) is 5.26. The summed E-state index contributed by atoms with van der Waals surface area (Å²) < 4.78 is 5.38. The second kappa shape index (κ2) is 12.2. The number of amides is 1. The molecule has 182 valence electrons. The number of esters is 1. The topological polar surface area (TPSA) is 92.7 Å². The first-order valence-electron chi connectivity index (χ1n) is 11.5. The van der Waals surface area contributed by atoms with Crippen molar-refractivity contribution in [1.82, 2.24) is 5.32 Å². The third-order valence-electron chi connectivity index (χ3n) is 6.27. The van der Waals surface area contributed by atoms with Crippen molar-refractivity contribution in [1.29, 1.82) is 0 Å². The van der Waals surface area contributed by atoms with Gasteiger partial charge in [0.25, 0.3) is 0 Å². The highest BCUT2D eigenvalue weighted by Gasteiger charge is 2.43. The third kappa shape index (κ3) is 6.97. The Morgan fingerprint density at radius 2 is 1.88 bits per heavy atom. The minimum absolute atomic E-state index is 0.233. The number of piperidine rings is 1. The van der Waals surface area contributed by atoms with Crippen LogP contribution in [0.2, 0.25) is 10.0 Å². The van der Waals surface area contributed by atoms with Crippen molar-refractivity contribution >= 4 is 41.0 Å². The van der Waals surface area contributed by atoms with Crippen molar-refractivity contribution in [2.75, 3.05) is 6.61 Å². The van der Waals surface area contributed by atoms with Gasteiger partial charge in [0.2, 0.25) is 5.91 Å². The van der Waals surface area contributed by atoms with Crippen LogP contribution < -0.4 is 5.32 Å². The standard InChI is InChI=1S/C26H29Cl2NO5/c1-2-34-26(33)21(8-3-5-16-9-11-19(27)12-10-16)24-22(17-6-4-7-20(28)13-17)14-18(15-23(30)31)25(32)29-24/h4,6-7,9-13,18,21-22,24H,2-3,5,8,14-15H2,1H3,(H,29,32)(H,30,31)/t18-,21+,22-,24-/m0/s1. The van der Waals surface area contributed by atoms with Gasteiger partial charge in [-0.3, -0.25) is 14.4 Å². The molecule has 1 saturated heterocycles. The van der Waals surface area contributed by atoms with Gasteiger partial charge in [-0.05, 0) is 68.0 Å². The summed E-state index contributed by atoms with van der Waals surface area (Å²) in [6, 6.07) is 14.3. The molecule has 1 aliphatic heterocycles. The first-order chi connectivity index (χ1) is 16.3. The van der Waals surface area contributed by atoms with E-state index in [9.17, 15) is 19.5 Å². The lowest BCUT2D eigenvalue weighted by Crippen LogP contribution is -2.54. The smallest absolute Gasteiger partial charge is 0.311 e. The van der Waals surface area contributed by atoms with Gasteiger partial charge in [0.15, 0.2) is 0 Å². The van der Waals surface area contributed by atoms with Crippen LogP contribution in [-0.4, -0.2) is 35.6 Å².